The summed E-state index contributed by atoms with van der Waals surface area (Å²) in [5, 5.41) is 0. The second-order valence-corrected chi connectivity index (χ2v) is 4.68. The Bertz CT molecular complexity index is 529. The van der Waals surface area contributed by atoms with Crippen molar-refractivity contribution in [1.82, 2.24) is 4.98 Å². The Balaban J connectivity index is 1.80. The van der Waals surface area contributed by atoms with Gasteiger partial charge in [0.15, 0.2) is 5.58 Å². The van der Waals surface area contributed by atoms with Crippen molar-refractivity contribution in [3.05, 3.63) is 29.7 Å². The zero-order valence-corrected chi connectivity index (χ0v) is 10.5. The van der Waals surface area contributed by atoms with Crippen molar-refractivity contribution in [1.29, 1.82) is 0 Å². The van der Waals surface area contributed by atoms with Crippen LogP contribution in [-0.4, -0.2) is 24.8 Å². The van der Waals surface area contributed by atoms with E-state index in [1.165, 1.54) is 12.0 Å². The Morgan fingerprint density at radius 2 is 2.39 bits per heavy atom. The molecule has 1 aliphatic rings. The van der Waals surface area contributed by atoms with Gasteiger partial charge in [0, 0.05) is 13.7 Å². The van der Waals surface area contributed by atoms with E-state index in [1.54, 1.807) is 7.11 Å². The number of aromatic nitrogens is 1. The fourth-order valence-electron chi connectivity index (χ4n) is 2.40. The van der Waals surface area contributed by atoms with Crippen LogP contribution in [0, 0.1) is 0 Å². The van der Waals surface area contributed by atoms with Crippen LogP contribution >= 0.6 is 0 Å². The standard InChI is InChI=1S/C14H17NO3/c1-16-9-14-15-12-8-10(4-5-13(12)18-14)7-11-3-2-6-17-11/h4-5,8,11H,2-3,6-7,9H2,1H3/t11-/m0/s1. The van der Waals surface area contributed by atoms with Crippen molar-refractivity contribution in [3.63, 3.8) is 0 Å². The summed E-state index contributed by atoms with van der Waals surface area (Å²) in [4.78, 5) is 4.41. The Morgan fingerprint density at radius 1 is 1.44 bits per heavy atom. The fraction of sp³-hybridized carbons (Fsp3) is 0.500. The molecule has 1 aromatic carbocycles. The van der Waals surface area contributed by atoms with Gasteiger partial charge in [0.05, 0.1) is 6.10 Å². The van der Waals surface area contributed by atoms with Gasteiger partial charge in [-0.1, -0.05) is 6.07 Å². The number of benzene rings is 1. The van der Waals surface area contributed by atoms with Gasteiger partial charge >= 0.3 is 0 Å². The maximum atomic E-state index is 5.65. The van der Waals surface area contributed by atoms with Crippen LogP contribution in [0.25, 0.3) is 11.1 Å². The Labute approximate surface area is 106 Å². The highest BCUT2D eigenvalue weighted by molar-refractivity contribution is 5.73. The third-order valence-corrected chi connectivity index (χ3v) is 3.25. The van der Waals surface area contributed by atoms with Gasteiger partial charge in [0.25, 0.3) is 0 Å². The number of hydrogen-bond donors (Lipinski definition) is 0. The molecular weight excluding hydrogens is 230 g/mol. The first-order valence-corrected chi connectivity index (χ1v) is 6.34. The summed E-state index contributed by atoms with van der Waals surface area (Å²) in [5.74, 6) is 0.627. The molecule has 1 aromatic heterocycles. The van der Waals surface area contributed by atoms with Gasteiger partial charge in [-0.05, 0) is 37.0 Å². The molecule has 3 rings (SSSR count). The molecule has 0 saturated carbocycles. The molecule has 0 aliphatic carbocycles. The van der Waals surface area contributed by atoms with E-state index in [2.05, 4.69) is 17.1 Å². The van der Waals surface area contributed by atoms with Gasteiger partial charge in [-0.3, -0.25) is 0 Å². The molecule has 1 aliphatic heterocycles. The monoisotopic (exact) mass is 247 g/mol. The van der Waals surface area contributed by atoms with E-state index >= 15 is 0 Å². The number of methoxy groups -OCH3 is 1. The lowest BCUT2D eigenvalue weighted by atomic mass is 10.1. The first-order valence-electron chi connectivity index (χ1n) is 6.34. The van der Waals surface area contributed by atoms with E-state index in [9.17, 15) is 0 Å². The van der Waals surface area contributed by atoms with Crippen LogP contribution in [-0.2, 0) is 22.5 Å². The summed E-state index contributed by atoms with van der Waals surface area (Å²) in [6.07, 6.45) is 3.66. The molecule has 1 fully saturated rings. The summed E-state index contributed by atoms with van der Waals surface area (Å²) in [6, 6.07) is 6.15. The van der Waals surface area contributed by atoms with Gasteiger partial charge in [-0.25, -0.2) is 4.98 Å². The van der Waals surface area contributed by atoms with Gasteiger partial charge in [0.2, 0.25) is 5.89 Å². The fourth-order valence-corrected chi connectivity index (χ4v) is 2.40. The van der Waals surface area contributed by atoms with Crippen LogP contribution in [0.3, 0.4) is 0 Å². The number of ether oxygens (including phenoxy) is 2. The van der Waals surface area contributed by atoms with Crippen molar-refractivity contribution >= 4 is 11.1 Å². The second kappa shape index (κ2) is 5.08. The van der Waals surface area contributed by atoms with Gasteiger partial charge in [0.1, 0.15) is 12.1 Å². The van der Waals surface area contributed by atoms with Crippen LogP contribution in [0.15, 0.2) is 22.6 Å². The Hall–Kier alpha value is -1.39. The maximum absolute atomic E-state index is 5.65. The molecule has 0 radical (unpaired) electrons. The molecule has 0 unspecified atom stereocenters. The van der Waals surface area contributed by atoms with E-state index in [4.69, 9.17) is 13.9 Å². The topological polar surface area (TPSA) is 44.5 Å². The highest BCUT2D eigenvalue weighted by Crippen LogP contribution is 2.21. The van der Waals surface area contributed by atoms with Crippen molar-refractivity contribution in [3.8, 4) is 0 Å². The predicted octanol–water partition coefficient (Wildman–Crippen LogP) is 2.70. The minimum absolute atomic E-state index is 0.368. The molecule has 0 spiro atoms. The molecule has 96 valence electrons. The Kier molecular flexibility index (Phi) is 3.30. The molecule has 0 N–H and O–H groups in total. The summed E-state index contributed by atoms with van der Waals surface area (Å²) in [7, 11) is 1.64. The van der Waals surface area contributed by atoms with E-state index in [1.807, 2.05) is 6.07 Å². The van der Waals surface area contributed by atoms with Crippen molar-refractivity contribution in [2.24, 2.45) is 0 Å². The quantitative estimate of drug-likeness (QED) is 0.833. The molecule has 2 heterocycles. The lowest BCUT2D eigenvalue weighted by Gasteiger charge is -2.08. The molecule has 18 heavy (non-hydrogen) atoms. The lowest BCUT2D eigenvalue weighted by Crippen LogP contribution is -2.08. The number of fused-ring (bicyclic) bond motifs is 1. The van der Waals surface area contributed by atoms with Crippen LogP contribution < -0.4 is 0 Å². The van der Waals surface area contributed by atoms with Crippen molar-refractivity contribution < 1.29 is 13.9 Å². The van der Waals surface area contributed by atoms with E-state index in [0.29, 0.717) is 18.6 Å². The van der Waals surface area contributed by atoms with Crippen molar-refractivity contribution in [2.45, 2.75) is 32.0 Å². The normalized spacial score (nSPS) is 19.7. The first kappa shape index (κ1) is 11.7. The minimum Gasteiger partial charge on any atom is -0.438 e. The predicted molar refractivity (Wildman–Crippen MR) is 67.4 cm³/mol. The van der Waals surface area contributed by atoms with Crippen LogP contribution in [0.2, 0.25) is 0 Å². The van der Waals surface area contributed by atoms with Gasteiger partial charge < -0.3 is 13.9 Å². The van der Waals surface area contributed by atoms with E-state index in [-0.39, 0.29) is 0 Å². The van der Waals surface area contributed by atoms with Crippen LogP contribution in [0.1, 0.15) is 24.3 Å². The molecule has 1 saturated heterocycles. The average molecular weight is 247 g/mol. The van der Waals surface area contributed by atoms with Crippen molar-refractivity contribution in [2.75, 3.05) is 13.7 Å². The molecule has 1 atom stereocenters. The number of oxazole rings is 1. The van der Waals surface area contributed by atoms with Crippen LogP contribution in [0.5, 0.6) is 0 Å². The first-order chi connectivity index (χ1) is 8.85. The Morgan fingerprint density at radius 3 is 3.17 bits per heavy atom. The lowest BCUT2D eigenvalue weighted by molar-refractivity contribution is 0.111. The molecule has 0 amide bonds. The molecule has 0 bridgehead atoms. The highest BCUT2D eigenvalue weighted by atomic mass is 16.5. The maximum Gasteiger partial charge on any atom is 0.221 e. The largest absolute Gasteiger partial charge is 0.438 e. The molecule has 2 aromatic rings. The number of rotatable bonds is 4. The third kappa shape index (κ3) is 2.40. The van der Waals surface area contributed by atoms with Crippen LogP contribution in [0.4, 0.5) is 0 Å². The number of hydrogen-bond acceptors (Lipinski definition) is 4. The molecule has 4 nitrogen and oxygen atoms in total. The van der Waals surface area contributed by atoms with E-state index < -0.39 is 0 Å². The highest BCUT2D eigenvalue weighted by Gasteiger charge is 2.16. The molecule has 4 heteroatoms. The van der Waals surface area contributed by atoms with E-state index in [0.717, 1.165) is 30.5 Å². The van der Waals surface area contributed by atoms with Gasteiger partial charge in [-0.2, -0.15) is 0 Å². The summed E-state index contributed by atoms with van der Waals surface area (Å²) < 4.78 is 16.2. The minimum atomic E-state index is 0.368. The summed E-state index contributed by atoms with van der Waals surface area (Å²) in [5.41, 5.74) is 2.97. The zero-order valence-electron chi connectivity index (χ0n) is 10.5. The summed E-state index contributed by atoms with van der Waals surface area (Å²) >= 11 is 0. The number of nitrogens with zero attached hydrogens (tertiary/aromatic N) is 1. The summed E-state index contributed by atoms with van der Waals surface area (Å²) in [6.45, 7) is 1.31. The second-order valence-electron chi connectivity index (χ2n) is 4.68. The smallest absolute Gasteiger partial charge is 0.221 e. The average Bonchev–Trinajstić information content (AvgIpc) is 2.98. The third-order valence-electron chi connectivity index (χ3n) is 3.25. The zero-order chi connectivity index (χ0) is 12.4. The van der Waals surface area contributed by atoms with Gasteiger partial charge in [-0.15, -0.1) is 0 Å². The SMILES string of the molecule is COCc1nc2cc(C[C@@H]3CCCO3)ccc2o1. The molecular formula is C14H17NO3.